The average molecular weight is 487 g/mol. The Morgan fingerprint density at radius 2 is 1.10 bits per heavy atom. The van der Waals surface area contributed by atoms with Crippen molar-refractivity contribution < 1.29 is 0 Å². The third-order valence-corrected chi connectivity index (χ3v) is 6.02. The minimum Gasteiger partial charge on any atom is -0.252 e. The first kappa shape index (κ1) is 18.1. The van der Waals surface area contributed by atoms with Gasteiger partial charge in [0.05, 0.1) is 5.52 Å². The highest BCUT2D eigenvalue weighted by atomic mass is 127. The fourth-order valence-corrected chi connectivity index (χ4v) is 4.71. The molecule has 0 unspecified atom stereocenters. The van der Waals surface area contributed by atoms with Gasteiger partial charge in [-0.3, -0.25) is 4.98 Å². The van der Waals surface area contributed by atoms with E-state index in [9.17, 15) is 0 Å². The predicted molar refractivity (Wildman–Crippen MR) is 125 cm³/mol. The summed E-state index contributed by atoms with van der Waals surface area (Å²) in [6.07, 6.45) is 1.83. The largest absolute Gasteiger partial charge is 0.252 e. The molecule has 29 heavy (non-hydrogen) atoms. The third-order valence-electron chi connectivity index (χ3n) is 5.29. The predicted octanol–water partition coefficient (Wildman–Crippen LogP) is 5.88. The maximum Gasteiger partial charge on any atom is 0.149 e. The van der Waals surface area contributed by atoms with Gasteiger partial charge in [0, 0.05) is 6.20 Å². The Balaban J connectivity index is 1.99. The van der Waals surface area contributed by atoms with Gasteiger partial charge in [-0.05, 0) is 51.4 Å². The van der Waals surface area contributed by atoms with Gasteiger partial charge in [0.15, 0.2) is 0 Å². The smallest absolute Gasteiger partial charge is 0.149 e. The van der Waals surface area contributed by atoms with Gasteiger partial charge in [-0.2, -0.15) is 5.10 Å². The molecule has 0 amide bonds. The highest BCUT2D eigenvalue weighted by Gasteiger charge is 2.40. The Labute approximate surface area is 183 Å². The lowest BCUT2D eigenvalue weighted by Crippen LogP contribution is -2.38. The number of halogens is 1. The summed E-state index contributed by atoms with van der Waals surface area (Å²) in [5.74, 6) is 0. The van der Waals surface area contributed by atoms with Crippen LogP contribution in [0.4, 0.5) is 0 Å². The lowest BCUT2D eigenvalue weighted by atomic mass is 9.77. The molecule has 140 valence electrons. The first-order chi connectivity index (χ1) is 14.3. The number of benzene rings is 3. The molecule has 5 aromatic rings. The van der Waals surface area contributed by atoms with Gasteiger partial charge >= 0.3 is 0 Å². The Morgan fingerprint density at radius 3 is 1.59 bits per heavy atom. The van der Waals surface area contributed by atoms with Crippen molar-refractivity contribution >= 4 is 33.6 Å². The van der Waals surface area contributed by atoms with Crippen molar-refractivity contribution in [3.05, 3.63) is 130 Å². The van der Waals surface area contributed by atoms with E-state index in [0.717, 1.165) is 31.4 Å². The summed E-state index contributed by atoms with van der Waals surface area (Å²) >= 11 is 2.28. The second kappa shape index (κ2) is 7.44. The highest BCUT2D eigenvalue weighted by Crippen LogP contribution is 2.42. The molecule has 3 nitrogen and oxygen atoms in total. The van der Waals surface area contributed by atoms with Gasteiger partial charge in [-0.15, -0.1) is 0 Å². The summed E-state index contributed by atoms with van der Waals surface area (Å²) in [7, 11) is 0. The van der Waals surface area contributed by atoms with E-state index in [1.54, 1.807) is 0 Å². The van der Waals surface area contributed by atoms with Crippen molar-refractivity contribution in [3.63, 3.8) is 0 Å². The van der Waals surface area contributed by atoms with Crippen LogP contribution in [0.3, 0.4) is 0 Å². The third kappa shape index (κ3) is 2.86. The zero-order valence-corrected chi connectivity index (χ0v) is 17.8. The molecular formula is C25H18IN3. The Morgan fingerprint density at radius 1 is 0.621 bits per heavy atom. The highest BCUT2D eigenvalue weighted by molar-refractivity contribution is 14.1. The summed E-state index contributed by atoms with van der Waals surface area (Å²) in [4.78, 5) is 4.61. The van der Waals surface area contributed by atoms with Crippen LogP contribution in [0.15, 0.2) is 109 Å². The second-order valence-corrected chi connectivity index (χ2v) is 7.90. The van der Waals surface area contributed by atoms with Crippen molar-refractivity contribution in [2.45, 2.75) is 5.54 Å². The molecule has 2 aromatic heterocycles. The van der Waals surface area contributed by atoms with E-state index in [0.29, 0.717) is 0 Å². The number of pyridine rings is 1. The molecule has 5 rings (SSSR count). The number of hydrogen-bond acceptors (Lipinski definition) is 2. The van der Waals surface area contributed by atoms with Crippen LogP contribution in [0.5, 0.6) is 0 Å². The van der Waals surface area contributed by atoms with Crippen LogP contribution in [0, 0.1) is 3.70 Å². The van der Waals surface area contributed by atoms with Crippen molar-refractivity contribution in [3.8, 4) is 0 Å². The second-order valence-electron chi connectivity index (χ2n) is 6.88. The summed E-state index contributed by atoms with van der Waals surface area (Å²) in [5, 5.41) is 5.03. The molecule has 0 aliphatic carbocycles. The first-order valence-electron chi connectivity index (χ1n) is 9.48. The van der Waals surface area contributed by atoms with Crippen LogP contribution in [-0.2, 0) is 5.54 Å². The van der Waals surface area contributed by atoms with Crippen LogP contribution in [-0.4, -0.2) is 14.8 Å². The van der Waals surface area contributed by atoms with Gasteiger partial charge in [0.2, 0.25) is 0 Å². The fraction of sp³-hybridized carbons (Fsp3) is 0.0400. The molecule has 0 spiro atoms. The summed E-state index contributed by atoms with van der Waals surface area (Å²) in [6, 6.07) is 35.8. The van der Waals surface area contributed by atoms with Gasteiger partial charge < -0.3 is 0 Å². The van der Waals surface area contributed by atoms with Crippen molar-refractivity contribution in [2.24, 2.45) is 0 Å². The van der Waals surface area contributed by atoms with Crippen LogP contribution >= 0.6 is 22.6 Å². The summed E-state index contributed by atoms with van der Waals surface area (Å²) in [5.41, 5.74) is 4.77. The molecule has 0 atom stereocenters. The van der Waals surface area contributed by atoms with E-state index >= 15 is 0 Å². The van der Waals surface area contributed by atoms with E-state index in [4.69, 9.17) is 5.10 Å². The Bertz CT molecular complexity index is 1150. The van der Waals surface area contributed by atoms with Crippen LogP contribution in [0.2, 0.25) is 0 Å². The standard InChI is InChI=1S/C25H18IN3/c26-24-23-22(17-10-18-27-23)29(28-24)25(19-11-4-1-5-12-19,20-13-6-2-7-14-20)21-15-8-3-9-16-21/h1-18H. The molecule has 0 aliphatic heterocycles. The number of hydrogen-bond donors (Lipinski definition) is 0. The van der Waals surface area contributed by atoms with Crippen molar-refractivity contribution in [2.75, 3.05) is 0 Å². The van der Waals surface area contributed by atoms with E-state index in [1.165, 1.54) is 0 Å². The van der Waals surface area contributed by atoms with Crippen molar-refractivity contribution in [1.82, 2.24) is 14.8 Å². The number of nitrogens with zero attached hydrogens (tertiary/aromatic N) is 3. The number of fused-ring (bicyclic) bond motifs is 1. The van der Waals surface area contributed by atoms with E-state index in [-0.39, 0.29) is 0 Å². The minimum atomic E-state index is -0.617. The number of aromatic nitrogens is 3. The van der Waals surface area contributed by atoms with Crippen LogP contribution in [0.1, 0.15) is 16.7 Å². The summed E-state index contributed by atoms with van der Waals surface area (Å²) < 4.78 is 3.03. The first-order valence-corrected chi connectivity index (χ1v) is 10.6. The van der Waals surface area contributed by atoms with Crippen molar-refractivity contribution in [1.29, 1.82) is 0 Å². The van der Waals surface area contributed by atoms with Crippen LogP contribution < -0.4 is 0 Å². The average Bonchev–Trinajstić information content (AvgIpc) is 3.14. The molecule has 0 saturated heterocycles. The molecule has 0 saturated carbocycles. The topological polar surface area (TPSA) is 30.7 Å². The fourth-order valence-electron chi connectivity index (χ4n) is 4.08. The quantitative estimate of drug-likeness (QED) is 0.234. The zero-order valence-electron chi connectivity index (χ0n) is 15.6. The molecule has 0 aliphatic rings. The van der Waals surface area contributed by atoms with Gasteiger partial charge in [0.25, 0.3) is 0 Å². The lowest BCUT2D eigenvalue weighted by molar-refractivity contribution is 0.473. The molecule has 0 bridgehead atoms. The summed E-state index contributed by atoms with van der Waals surface area (Å²) in [6.45, 7) is 0. The molecule has 0 radical (unpaired) electrons. The molecule has 4 heteroatoms. The van der Waals surface area contributed by atoms with Gasteiger partial charge in [-0.1, -0.05) is 91.0 Å². The van der Waals surface area contributed by atoms with Crippen LogP contribution in [0.25, 0.3) is 11.0 Å². The monoisotopic (exact) mass is 487 g/mol. The minimum absolute atomic E-state index is 0.617. The van der Waals surface area contributed by atoms with Gasteiger partial charge in [-0.25, -0.2) is 4.68 Å². The normalized spacial score (nSPS) is 11.6. The Kier molecular flexibility index (Phi) is 4.64. The van der Waals surface area contributed by atoms with E-state index in [2.05, 4.69) is 129 Å². The Hall–Kier alpha value is -2.99. The maximum absolute atomic E-state index is 5.03. The maximum atomic E-state index is 5.03. The van der Waals surface area contributed by atoms with Gasteiger partial charge in [0.1, 0.15) is 14.8 Å². The lowest BCUT2D eigenvalue weighted by Gasteiger charge is -2.36. The molecule has 3 aromatic carbocycles. The molecule has 0 fully saturated rings. The molecular weight excluding hydrogens is 469 g/mol. The van der Waals surface area contributed by atoms with E-state index < -0.39 is 5.54 Å². The SMILES string of the molecule is Ic1nn(C(c2ccccc2)(c2ccccc2)c2ccccc2)c2cccnc12. The molecule has 2 heterocycles. The van der Waals surface area contributed by atoms with E-state index in [1.807, 2.05) is 12.3 Å². The number of rotatable bonds is 4. The molecule has 0 N–H and O–H groups in total. The zero-order chi connectivity index (χ0) is 19.7.